The number of benzene rings is 2. The molecule has 0 aliphatic heterocycles. The zero-order chi connectivity index (χ0) is 16.8. The highest BCUT2D eigenvalue weighted by atomic mass is 32.2. The average molecular weight is 335 g/mol. The lowest BCUT2D eigenvalue weighted by atomic mass is 10.2. The first-order valence-corrected chi connectivity index (χ1v) is 8.11. The molecule has 0 bridgehead atoms. The molecule has 3 rings (SSSR count). The minimum absolute atomic E-state index is 0.0417. The third kappa shape index (κ3) is 2.53. The Morgan fingerprint density at radius 2 is 1.78 bits per heavy atom. The van der Waals surface area contributed by atoms with Gasteiger partial charge in [-0.3, -0.25) is 4.79 Å². The molecule has 0 spiro atoms. The Labute approximate surface area is 130 Å². The van der Waals surface area contributed by atoms with E-state index in [9.17, 15) is 22.0 Å². The third-order valence-electron chi connectivity index (χ3n) is 3.55. The summed E-state index contributed by atoms with van der Waals surface area (Å²) in [7, 11) is -4.19. The predicted octanol–water partition coefficient (Wildman–Crippen LogP) is 2.95. The second-order valence-electron chi connectivity index (χ2n) is 5.09. The van der Waals surface area contributed by atoms with Crippen molar-refractivity contribution in [1.82, 2.24) is 4.98 Å². The van der Waals surface area contributed by atoms with Crippen LogP contribution < -0.4 is 5.43 Å². The van der Waals surface area contributed by atoms with Crippen LogP contribution in [0.3, 0.4) is 0 Å². The number of aromatic amines is 1. The third-order valence-corrected chi connectivity index (χ3v) is 5.31. The number of hydrogen-bond acceptors (Lipinski definition) is 3. The number of sulfone groups is 1. The van der Waals surface area contributed by atoms with Crippen LogP contribution in [0.1, 0.15) is 5.56 Å². The molecule has 0 aliphatic rings. The molecule has 1 N–H and O–H groups in total. The molecule has 0 radical (unpaired) electrons. The molecule has 118 valence electrons. The van der Waals surface area contributed by atoms with E-state index in [-0.39, 0.29) is 15.8 Å². The fraction of sp³-hybridized carbons (Fsp3) is 0.0625. The topological polar surface area (TPSA) is 67.0 Å². The molecule has 7 heteroatoms. The number of pyridine rings is 1. The van der Waals surface area contributed by atoms with Crippen LogP contribution in [0.25, 0.3) is 10.9 Å². The number of halogens is 2. The summed E-state index contributed by atoms with van der Waals surface area (Å²) < 4.78 is 51.9. The fourth-order valence-corrected chi connectivity index (χ4v) is 3.57. The summed E-state index contributed by atoms with van der Waals surface area (Å²) in [5.74, 6) is -1.23. The summed E-state index contributed by atoms with van der Waals surface area (Å²) in [5, 5.41) is 0.0417. The predicted molar refractivity (Wildman–Crippen MR) is 81.1 cm³/mol. The maximum Gasteiger partial charge on any atom is 0.212 e. The van der Waals surface area contributed by atoms with Crippen LogP contribution in [0, 0.1) is 18.6 Å². The Balaban J connectivity index is 2.26. The Morgan fingerprint density at radius 1 is 1.04 bits per heavy atom. The number of hydrogen-bond donors (Lipinski definition) is 1. The van der Waals surface area contributed by atoms with Gasteiger partial charge in [0.25, 0.3) is 0 Å². The van der Waals surface area contributed by atoms with Crippen molar-refractivity contribution in [2.75, 3.05) is 0 Å². The van der Waals surface area contributed by atoms with Crippen LogP contribution in [0.4, 0.5) is 8.78 Å². The van der Waals surface area contributed by atoms with E-state index in [1.165, 1.54) is 25.1 Å². The van der Waals surface area contributed by atoms with E-state index in [1.807, 2.05) is 0 Å². The van der Waals surface area contributed by atoms with Crippen LogP contribution in [-0.2, 0) is 9.84 Å². The molecule has 0 amide bonds. The molecule has 0 fully saturated rings. The maximum atomic E-state index is 13.6. The standard InChI is InChI=1S/C16H11F2NO3S/c1-9-2-4-11(7-13(9)18)23(21,22)15-8-19-14-6-10(17)3-5-12(14)16(15)20/h2-8H,1H3,(H,19,20). The minimum Gasteiger partial charge on any atom is -0.360 e. The van der Waals surface area contributed by atoms with Crippen LogP contribution in [0.5, 0.6) is 0 Å². The number of fused-ring (bicyclic) bond motifs is 1. The van der Waals surface area contributed by atoms with E-state index in [1.54, 1.807) is 0 Å². The molecule has 0 saturated heterocycles. The molecule has 0 aliphatic carbocycles. The molecule has 4 nitrogen and oxygen atoms in total. The van der Waals surface area contributed by atoms with Crippen molar-refractivity contribution in [3.8, 4) is 0 Å². The minimum atomic E-state index is -4.19. The number of nitrogens with one attached hydrogen (secondary N) is 1. The first-order chi connectivity index (χ1) is 10.8. The second kappa shape index (κ2) is 5.27. The van der Waals surface area contributed by atoms with Gasteiger partial charge in [0.05, 0.1) is 10.4 Å². The van der Waals surface area contributed by atoms with E-state index >= 15 is 0 Å². The van der Waals surface area contributed by atoms with Gasteiger partial charge in [0.15, 0.2) is 0 Å². The molecule has 0 atom stereocenters. The van der Waals surface area contributed by atoms with Crippen molar-refractivity contribution in [2.24, 2.45) is 0 Å². The quantitative estimate of drug-likeness (QED) is 0.783. The number of rotatable bonds is 2. The Hall–Kier alpha value is -2.54. The fourth-order valence-electron chi connectivity index (χ4n) is 2.24. The summed E-state index contributed by atoms with van der Waals surface area (Å²) >= 11 is 0. The van der Waals surface area contributed by atoms with Gasteiger partial charge in [-0.1, -0.05) is 6.07 Å². The van der Waals surface area contributed by atoms with Gasteiger partial charge in [0.2, 0.25) is 15.3 Å². The highest BCUT2D eigenvalue weighted by Gasteiger charge is 2.23. The normalized spacial score (nSPS) is 11.8. The molecule has 23 heavy (non-hydrogen) atoms. The summed E-state index contributed by atoms with van der Waals surface area (Å²) in [5.41, 5.74) is -0.282. The Kier molecular flexibility index (Phi) is 3.52. The monoisotopic (exact) mass is 335 g/mol. The summed E-state index contributed by atoms with van der Waals surface area (Å²) in [6.45, 7) is 1.50. The van der Waals surface area contributed by atoms with Crippen molar-refractivity contribution < 1.29 is 17.2 Å². The van der Waals surface area contributed by atoms with E-state index in [4.69, 9.17) is 0 Å². The van der Waals surface area contributed by atoms with Crippen molar-refractivity contribution in [1.29, 1.82) is 0 Å². The molecule has 0 unspecified atom stereocenters. The zero-order valence-corrected chi connectivity index (χ0v) is 12.7. The van der Waals surface area contributed by atoms with Crippen LogP contribution in [0.2, 0.25) is 0 Å². The van der Waals surface area contributed by atoms with Crippen LogP contribution >= 0.6 is 0 Å². The van der Waals surface area contributed by atoms with Crippen molar-refractivity contribution in [2.45, 2.75) is 16.7 Å². The summed E-state index contributed by atoms with van der Waals surface area (Å²) in [6.07, 6.45) is 0.997. The van der Waals surface area contributed by atoms with Gasteiger partial charge in [0.1, 0.15) is 16.5 Å². The van der Waals surface area contributed by atoms with Crippen molar-refractivity contribution in [3.05, 3.63) is 70.0 Å². The largest absolute Gasteiger partial charge is 0.360 e. The van der Waals surface area contributed by atoms with E-state index in [2.05, 4.69) is 4.98 Å². The Morgan fingerprint density at radius 3 is 2.48 bits per heavy atom. The molecule has 1 heterocycles. The first-order valence-electron chi connectivity index (χ1n) is 6.63. The van der Waals surface area contributed by atoms with E-state index in [0.717, 1.165) is 24.4 Å². The SMILES string of the molecule is Cc1ccc(S(=O)(=O)c2c[nH]c3cc(F)ccc3c2=O)cc1F. The number of aromatic nitrogens is 1. The van der Waals surface area contributed by atoms with Crippen molar-refractivity contribution >= 4 is 20.7 Å². The van der Waals surface area contributed by atoms with Gasteiger partial charge in [-0.25, -0.2) is 17.2 Å². The van der Waals surface area contributed by atoms with Crippen molar-refractivity contribution in [3.63, 3.8) is 0 Å². The van der Waals surface area contributed by atoms with Gasteiger partial charge < -0.3 is 4.98 Å². The molecular weight excluding hydrogens is 324 g/mol. The Bertz CT molecular complexity index is 1090. The van der Waals surface area contributed by atoms with Gasteiger partial charge >= 0.3 is 0 Å². The number of H-pyrrole nitrogens is 1. The summed E-state index contributed by atoms with van der Waals surface area (Å²) in [4.78, 5) is 14.2. The van der Waals surface area contributed by atoms with Gasteiger partial charge in [-0.2, -0.15) is 0 Å². The second-order valence-corrected chi connectivity index (χ2v) is 7.00. The average Bonchev–Trinajstić information content (AvgIpc) is 2.49. The lowest BCUT2D eigenvalue weighted by molar-refractivity contribution is 0.588. The van der Waals surface area contributed by atoms with Crippen LogP contribution in [-0.4, -0.2) is 13.4 Å². The van der Waals surface area contributed by atoms with E-state index in [0.29, 0.717) is 5.56 Å². The lowest BCUT2D eigenvalue weighted by Gasteiger charge is -2.07. The highest BCUT2D eigenvalue weighted by molar-refractivity contribution is 7.91. The molecule has 2 aromatic carbocycles. The molecular formula is C16H11F2NO3S. The molecule has 1 aromatic heterocycles. The van der Waals surface area contributed by atoms with Crippen LogP contribution in [0.15, 0.2) is 57.2 Å². The molecule has 0 saturated carbocycles. The van der Waals surface area contributed by atoms with Gasteiger partial charge in [0, 0.05) is 11.6 Å². The number of aryl methyl sites for hydroxylation is 1. The smallest absolute Gasteiger partial charge is 0.212 e. The molecule has 3 aromatic rings. The highest BCUT2D eigenvalue weighted by Crippen LogP contribution is 2.21. The van der Waals surface area contributed by atoms with Gasteiger partial charge in [-0.05, 0) is 42.8 Å². The summed E-state index contributed by atoms with van der Waals surface area (Å²) in [6, 6.07) is 6.81. The zero-order valence-electron chi connectivity index (χ0n) is 11.9. The lowest BCUT2D eigenvalue weighted by Crippen LogP contribution is -2.16. The maximum absolute atomic E-state index is 13.6. The first kappa shape index (κ1) is 15.4. The van der Waals surface area contributed by atoms with E-state index < -0.39 is 31.8 Å². The van der Waals surface area contributed by atoms with Gasteiger partial charge in [-0.15, -0.1) is 0 Å².